The molecule has 0 spiro atoms. The van der Waals surface area contributed by atoms with Crippen LogP contribution in [0, 0.1) is 0 Å². The quantitative estimate of drug-likeness (QED) is 0.794. The SMILES string of the molecule is CCc1ccc(-c2ncccc2Br)cc1. The van der Waals surface area contributed by atoms with Crippen molar-refractivity contribution >= 4 is 15.9 Å². The van der Waals surface area contributed by atoms with Crippen molar-refractivity contribution in [2.75, 3.05) is 0 Å². The van der Waals surface area contributed by atoms with E-state index in [1.54, 1.807) is 0 Å². The third-order valence-corrected chi connectivity index (χ3v) is 3.03. The summed E-state index contributed by atoms with van der Waals surface area (Å²) < 4.78 is 1.04. The van der Waals surface area contributed by atoms with Gasteiger partial charge >= 0.3 is 0 Å². The number of hydrogen-bond acceptors (Lipinski definition) is 1. The van der Waals surface area contributed by atoms with Crippen LogP contribution in [0.4, 0.5) is 0 Å². The van der Waals surface area contributed by atoms with E-state index in [1.165, 1.54) is 5.56 Å². The summed E-state index contributed by atoms with van der Waals surface area (Å²) in [5, 5.41) is 0. The lowest BCUT2D eigenvalue weighted by molar-refractivity contribution is 1.14. The molecular formula is C13H12BrN. The Balaban J connectivity index is 2.42. The second-order valence-corrected chi connectivity index (χ2v) is 4.24. The molecular weight excluding hydrogens is 250 g/mol. The lowest BCUT2D eigenvalue weighted by atomic mass is 10.1. The molecule has 0 saturated heterocycles. The lowest BCUT2D eigenvalue weighted by Crippen LogP contribution is -1.85. The molecule has 76 valence electrons. The molecule has 0 saturated carbocycles. The van der Waals surface area contributed by atoms with Crippen molar-refractivity contribution < 1.29 is 0 Å². The minimum Gasteiger partial charge on any atom is -0.255 e. The summed E-state index contributed by atoms with van der Waals surface area (Å²) in [4.78, 5) is 4.36. The van der Waals surface area contributed by atoms with Crippen molar-refractivity contribution in [2.24, 2.45) is 0 Å². The van der Waals surface area contributed by atoms with E-state index in [9.17, 15) is 0 Å². The van der Waals surface area contributed by atoms with Crippen LogP contribution in [0.3, 0.4) is 0 Å². The van der Waals surface area contributed by atoms with E-state index in [4.69, 9.17) is 0 Å². The van der Waals surface area contributed by atoms with Crippen molar-refractivity contribution in [1.82, 2.24) is 4.98 Å². The monoisotopic (exact) mass is 261 g/mol. The maximum absolute atomic E-state index is 4.36. The van der Waals surface area contributed by atoms with Gasteiger partial charge in [0.25, 0.3) is 0 Å². The maximum atomic E-state index is 4.36. The molecule has 1 heterocycles. The van der Waals surface area contributed by atoms with Gasteiger partial charge in [-0.3, -0.25) is 4.98 Å². The van der Waals surface area contributed by atoms with E-state index < -0.39 is 0 Å². The summed E-state index contributed by atoms with van der Waals surface area (Å²) in [5.41, 5.74) is 3.51. The molecule has 0 fully saturated rings. The van der Waals surface area contributed by atoms with Gasteiger partial charge in [0.2, 0.25) is 0 Å². The molecule has 0 aliphatic carbocycles. The summed E-state index contributed by atoms with van der Waals surface area (Å²) in [6, 6.07) is 12.5. The highest BCUT2D eigenvalue weighted by molar-refractivity contribution is 9.10. The molecule has 1 nitrogen and oxygen atoms in total. The van der Waals surface area contributed by atoms with E-state index in [0.717, 1.165) is 22.2 Å². The second kappa shape index (κ2) is 4.58. The molecule has 2 aromatic rings. The smallest absolute Gasteiger partial charge is 0.0843 e. The lowest BCUT2D eigenvalue weighted by Gasteiger charge is -2.04. The molecule has 0 radical (unpaired) electrons. The van der Waals surface area contributed by atoms with Crippen molar-refractivity contribution in [2.45, 2.75) is 13.3 Å². The zero-order chi connectivity index (χ0) is 10.7. The minimum atomic E-state index is 1.00. The average Bonchev–Trinajstić information content (AvgIpc) is 2.30. The number of benzene rings is 1. The van der Waals surface area contributed by atoms with Gasteiger partial charge in [-0.25, -0.2) is 0 Å². The Morgan fingerprint density at radius 3 is 2.47 bits per heavy atom. The van der Waals surface area contributed by atoms with Crippen molar-refractivity contribution in [3.8, 4) is 11.3 Å². The normalized spacial score (nSPS) is 10.3. The predicted octanol–water partition coefficient (Wildman–Crippen LogP) is 4.07. The van der Waals surface area contributed by atoms with Gasteiger partial charge in [0, 0.05) is 16.2 Å². The Labute approximate surface area is 98.3 Å². The fraction of sp³-hybridized carbons (Fsp3) is 0.154. The third-order valence-electron chi connectivity index (χ3n) is 2.39. The molecule has 0 atom stereocenters. The molecule has 15 heavy (non-hydrogen) atoms. The highest BCUT2D eigenvalue weighted by Gasteiger charge is 2.02. The van der Waals surface area contributed by atoms with Gasteiger partial charge in [0.05, 0.1) is 5.69 Å². The molecule has 0 amide bonds. The highest BCUT2D eigenvalue weighted by atomic mass is 79.9. The van der Waals surface area contributed by atoms with Gasteiger partial charge < -0.3 is 0 Å². The number of halogens is 1. The van der Waals surface area contributed by atoms with E-state index in [2.05, 4.69) is 52.1 Å². The molecule has 0 N–H and O–H groups in total. The zero-order valence-electron chi connectivity index (χ0n) is 8.57. The van der Waals surface area contributed by atoms with Crippen molar-refractivity contribution in [3.05, 3.63) is 52.6 Å². The number of pyridine rings is 1. The average molecular weight is 262 g/mol. The maximum Gasteiger partial charge on any atom is 0.0843 e. The van der Waals surface area contributed by atoms with Gasteiger partial charge in [0.1, 0.15) is 0 Å². The summed E-state index contributed by atoms with van der Waals surface area (Å²) in [6.45, 7) is 2.16. The van der Waals surface area contributed by atoms with Crippen LogP contribution in [0.2, 0.25) is 0 Å². The standard InChI is InChI=1S/C13H12BrN/c1-2-10-5-7-11(8-6-10)13-12(14)4-3-9-15-13/h3-9H,2H2,1H3. The van der Waals surface area contributed by atoms with E-state index in [-0.39, 0.29) is 0 Å². The van der Waals surface area contributed by atoms with Gasteiger partial charge in [-0.2, -0.15) is 0 Å². The number of hydrogen-bond donors (Lipinski definition) is 0. The first-order valence-corrected chi connectivity index (χ1v) is 5.80. The molecule has 0 aliphatic rings. The van der Waals surface area contributed by atoms with E-state index in [1.807, 2.05) is 18.3 Å². The zero-order valence-corrected chi connectivity index (χ0v) is 10.2. The van der Waals surface area contributed by atoms with E-state index >= 15 is 0 Å². The van der Waals surface area contributed by atoms with Crippen LogP contribution in [0.15, 0.2) is 47.1 Å². The first-order chi connectivity index (χ1) is 7.31. The Morgan fingerprint density at radius 2 is 1.87 bits per heavy atom. The summed E-state index contributed by atoms with van der Waals surface area (Å²) in [7, 11) is 0. The molecule has 0 aliphatic heterocycles. The van der Waals surface area contributed by atoms with Gasteiger partial charge in [-0.1, -0.05) is 31.2 Å². The fourth-order valence-corrected chi connectivity index (χ4v) is 1.98. The van der Waals surface area contributed by atoms with Gasteiger partial charge in [-0.05, 0) is 40.0 Å². The number of aromatic nitrogens is 1. The summed E-state index contributed by atoms with van der Waals surface area (Å²) >= 11 is 3.51. The van der Waals surface area contributed by atoms with Crippen LogP contribution < -0.4 is 0 Å². The predicted molar refractivity (Wildman–Crippen MR) is 66.8 cm³/mol. The number of nitrogens with zero attached hydrogens (tertiary/aromatic N) is 1. The first-order valence-electron chi connectivity index (χ1n) is 5.01. The minimum absolute atomic E-state index is 1.00. The molecule has 0 bridgehead atoms. The number of rotatable bonds is 2. The Hall–Kier alpha value is -1.15. The Morgan fingerprint density at radius 1 is 1.13 bits per heavy atom. The second-order valence-electron chi connectivity index (χ2n) is 3.38. The van der Waals surface area contributed by atoms with Crippen molar-refractivity contribution in [3.63, 3.8) is 0 Å². The first kappa shape index (κ1) is 10.4. The Kier molecular flexibility index (Phi) is 3.17. The summed E-state index contributed by atoms with van der Waals surface area (Å²) in [6.07, 6.45) is 2.89. The molecule has 1 aromatic heterocycles. The van der Waals surface area contributed by atoms with Crippen molar-refractivity contribution in [1.29, 1.82) is 0 Å². The van der Waals surface area contributed by atoms with Crippen LogP contribution in [0.25, 0.3) is 11.3 Å². The molecule has 2 rings (SSSR count). The topological polar surface area (TPSA) is 12.9 Å². The fourth-order valence-electron chi connectivity index (χ4n) is 1.50. The van der Waals surface area contributed by atoms with Crippen LogP contribution in [-0.2, 0) is 6.42 Å². The van der Waals surface area contributed by atoms with Crippen LogP contribution in [-0.4, -0.2) is 4.98 Å². The molecule has 2 heteroatoms. The molecule has 0 unspecified atom stereocenters. The largest absolute Gasteiger partial charge is 0.255 e. The van der Waals surface area contributed by atoms with Crippen LogP contribution >= 0.6 is 15.9 Å². The van der Waals surface area contributed by atoms with E-state index in [0.29, 0.717) is 0 Å². The van der Waals surface area contributed by atoms with Crippen LogP contribution in [0.5, 0.6) is 0 Å². The molecule has 1 aromatic carbocycles. The van der Waals surface area contributed by atoms with Crippen LogP contribution in [0.1, 0.15) is 12.5 Å². The van der Waals surface area contributed by atoms with Gasteiger partial charge in [0.15, 0.2) is 0 Å². The van der Waals surface area contributed by atoms with Gasteiger partial charge in [-0.15, -0.1) is 0 Å². The third kappa shape index (κ3) is 2.26. The Bertz CT molecular complexity index is 448. The number of aryl methyl sites for hydroxylation is 1. The summed E-state index contributed by atoms with van der Waals surface area (Å²) in [5.74, 6) is 0. The highest BCUT2D eigenvalue weighted by Crippen LogP contribution is 2.25.